The van der Waals surface area contributed by atoms with Gasteiger partial charge in [-0.2, -0.15) is 0 Å². The number of thiophene rings is 1. The molecule has 4 aromatic rings. The van der Waals surface area contributed by atoms with E-state index >= 15 is 0 Å². The summed E-state index contributed by atoms with van der Waals surface area (Å²) in [5.74, 6) is -0.365. The average Bonchev–Trinajstić information content (AvgIpc) is 3.44. The number of fused-ring (bicyclic) bond motifs is 2. The lowest BCUT2D eigenvalue weighted by Gasteiger charge is -2.18. The summed E-state index contributed by atoms with van der Waals surface area (Å²) >= 11 is 1.14. The molecule has 0 aliphatic carbocycles. The Balaban J connectivity index is 1.47. The smallest absolute Gasteiger partial charge is 0.349 e. The summed E-state index contributed by atoms with van der Waals surface area (Å²) in [6.07, 6.45) is 0.484. The molecule has 1 N–H and O–H groups in total. The topological polar surface area (TPSA) is 90.3 Å². The number of carbonyl (C=O) groups excluding carboxylic acids is 2. The van der Waals surface area contributed by atoms with Gasteiger partial charge in [-0.1, -0.05) is 48.0 Å². The zero-order chi connectivity index (χ0) is 23.8. The summed E-state index contributed by atoms with van der Waals surface area (Å²) in [5.41, 5.74) is 2.64. The van der Waals surface area contributed by atoms with Crippen LogP contribution in [0.15, 0.2) is 59.4 Å². The van der Waals surface area contributed by atoms with Crippen LogP contribution in [0.5, 0.6) is 0 Å². The summed E-state index contributed by atoms with van der Waals surface area (Å²) in [6, 6.07) is 16.3. The van der Waals surface area contributed by atoms with Crippen molar-refractivity contribution in [2.75, 3.05) is 5.32 Å². The monoisotopic (exact) mass is 473 g/mol. The van der Waals surface area contributed by atoms with Gasteiger partial charge in [0.2, 0.25) is 6.10 Å². The summed E-state index contributed by atoms with van der Waals surface area (Å²) in [6.45, 7) is 4.33. The summed E-state index contributed by atoms with van der Waals surface area (Å²) in [7, 11) is 0. The van der Waals surface area contributed by atoms with Crippen LogP contribution in [0.25, 0.3) is 10.2 Å². The minimum Gasteiger partial charge on any atom is -0.443 e. The van der Waals surface area contributed by atoms with Crippen molar-refractivity contribution in [3.63, 3.8) is 0 Å². The molecule has 3 heterocycles. The zero-order valence-electron chi connectivity index (χ0n) is 18.8. The van der Waals surface area contributed by atoms with Crippen LogP contribution in [0.4, 0.5) is 5.69 Å². The first kappa shape index (κ1) is 22.0. The number of benzene rings is 2. The number of ether oxygens (including phenoxy) is 1. The van der Waals surface area contributed by atoms with Crippen molar-refractivity contribution in [3.05, 3.63) is 92.3 Å². The Labute approximate surface area is 200 Å². The molecule has 5 rings (SSSR count). The van der Waals surface area contributed by atoms with Gasteiger partial charge < -0.3 is 10.1 Å². The second-order valence-corrected chi connectivity index (χ2v) is 9.38. The van der Waals surface area contributed by atoms with E-state index in [1.54, 1.807) is 47.9 Å². The fourth-order valence-corrected chi connectivity index (χ4v) is 5.25. The molecule has 1 unspecified atom stereocenters. The van der Waals surface area contributed by atoms with Crippen molar-refractivity contribution >= 4 is 39.1 Å². The highest BCUT2D eigenvalue weighted by Gasteiger charge is 2.29. The molecule has 1 atom stereocenters. The molecular weight excluding hydrogens is 450 g/mol. The number of anilines is 1. The van der Waals surface area contributed by atoms with Crippen molar-refractivity contribution in [1.82, 2.24) is 9.55 Å². The van der Waals surface area contributed by atoms with E-state index in [0.29, 0.717) is 33.6 Å². The number of aromatic nitrogens is 2. The predicted molar refractivity (Wildman–Crippen MR) is 131 cm³/mol. The molecule has 0 spiro atoms. The highest BCUT2D eigenvalue weighted by Crippen LogP contribution is 2.31. The Morgan fingerprint density at radius 3 is 2.56 bits per heavy atom. The fourth-order valence-electron chi connectivity index (χ4n) is 4.18. The van der Waals surface area contributed by atoms with E-state index in [-0.39, 0.29) is 10.4 Å². The number of carbonyl (C=O) groups is 2. The van der Waals surface area contributed by atoms with E-state index in [2.05, 4.69) is 10.3 Å². The third-order valence-corrected chi connectivity index (χ3v) is 7.15. The van der Waals surface area contributed by atoms with Crippen LogP contribution < -0.4 is 10.9 Å². The normalized spacial score (nSPS) is 13.5. The standard InChI is InChI=1S/C26H23N3O4S/c1-15-10-12-18(13-11-15)27-23(30)21(17-7-4-3-5-8-17)33-26(32)22-16(2)20-24(34-22)28-19-9-6-14-29(19)25(20)31/h3-5,7-8,10-13,21H,6,9,14H2,1-2H3,(H,27,30). The van der Waals surface area contributed by atoms with Crippen LogP contribution >= 0.6 is 11.3 Å². The number of esters is 1. The molecule has 2 aromatic heterocycles. The van der Waals surface area contributed by atoms with Crippen molar-refractivity contribution in [1.29, 1.82) is 0 Å². The Morgan fingerprint density at radius 1 is 1.09 bits per heavy atom. The number of aryl methyl sites for hydroxylation is 3. The van der Waals surface area contributed by atoms with Crippen LogP contribution in [0.3, 0.4) is 0 Å². The number of hydrogen-bond acceptors (Lipinski definition) is 6. The minimum absolute atomic E-state index is 0.123. The second-order valence-electron chi connectivity index (χ2n) is 8.38. The number of nitrogens with one attached hydrogen (secondary N) is 1. The SMILES string of the molecule is Cc1ccc(NC(=O)C(OC(=O)c2sc3nc4n(c(=O)c3c2C)CCC4)c2ccccc2)cc1. The van der Waals surface area contributed by atoms with Gasteiger partial charge in [0.15, 0.2) is 0 Å². The Hall–Kier alpha value is -3.78. The summed E-state index contributed by atoms with van der Waals surface area (Å²) in [4.78, 5) is 44.8. The lowest BCUT2D eigenvalue weighted by molar-refractivity contribution is -0.125. The van der Waals surface area contributed by atoms with Gasteiger partial charge in [0.25, 0.3) is 11.5 Å². The molecule has 2 aromatic carbocycles. The van der Waals surface area contributed by atoms with Crippen molar-refractivity contribution in [3.8, 4) is 0 Å². The van der Waals surface area contributed by atoms with E-state index in [9.17, 15) is 14.4 Å². The third-order valence-electron chi connectivity index (χ3n) is 5.98. The van der Waals surface area contributed by atoms with Gasteiger partial charge in [-0.25, -0.2) is 9.78 Å². The zero-order valence-corrected chi connectivity index (χ0v) is 19.6. The van der Waals surface area contributed by atoms with E-state index in [1.807, 2.05) is 25.1 Å². The first-order valence-corrected chi connectivity index (χ1v) is 11.9. The quantitative estimate of drug-likeness (QED) is 0.429. The molecule has 34 heavy (non-hydrogen) atoms. The number of amides is 1. The second kappa shape index (κ2) is 8.87. The Morgan fingerprint density at radius 2 is 1.82 bits per heavy atom. The summed E-state index contributed by atoms with van der Waals surface area (Å²) < 4.78 is 7.43. The van der Waals surface area contributed by atoms with Gasteiger partial charge in [-0.3, -0.25) is 14.2 Å². The lowest BCUT2D eigenvalue weighted by atomic mass is 10.1. The maximum atomic E-state index is 13.3. The lowest BCUT2D eigenvalue weighted by Crippen LogP contribution is -2.26. The van der Waals surface area contributed by atoms with Crippen LogP contribution in [0.1, 0.15) is 44.7 Å². The first-order valence-electron chi connectivity index (χ1n) is 11.1. The predicted octanol–water partition coefficient (Wildman–Crippen LogP) is 4.56. The average molecular weight is 474 g/mol. The highest BCUT2D eigenvalue weighted by molar-refractivity contribution is 7.20. The molecule has 1 amide bonds. The van der Waals surface area contributed by atoms with E-state index < -0.39 is 18.0 Å². The summed E-state index contributed by atoms with van der Waals surface area (Å²) in [5, 5.41) is 3.27. The molecule has 7 nitrogen and oxygen atoms in total. The Kier molecular flexibility index (Phi) is 5.75. The highest BCUT2D eigenvalue weighted by atomic mass is 32.1. The first-order chi connectivity index (χ1) is 16.4. The Bertz CT molecular complexity index is 1460. The molecular formula is C26H23N3O4S. The van der Waals surface area contributed by atoms with Gasteiger partial charge in [0.1, 0.15) is 15.5 Å². The molecule has 0 bridgehead atoms. The van der Waals surface area contributed by atoms with Crippen molar-refractivity contribution < 1.29 is 14.3 Å². The van der Waals surface area contributed by atoms with Crippen LogP contribution in [0, 0.1) is 13.8 Å². The molecule has 0 saturated heterocycles. The van der Waals surface area contributed by atoms with Gasteiger partial charge in [-0.05, 0) is 38.0 Å². The van der Waals surface area contributed by atoms with Gasteiger partial charge in [-0.15, -0.1) is 11.3 Å². The van der Waals surface area contributed by atoms with Gasteiger partial charge in [0, 0.05) is 24.2 Å². The van der Waals surface area contributed by atoms with Crippen molar-refractivity contribution in [2.45, 2.75) is 39.3 Å². The van der Waals surface area contributed by atoms with Gasteiger partial charge in [0.05, 0.1) is 5.39 Å². The molecule has 0 saturated carbocycles. The number of rotatable bonds is 5. The van der Waals surface area contributed by atoms with Crippen molar-refractivity contribution in [2.24, 2.45) is 0 Å². The van der Waals surface area contributed by atoms with Crippen LogP contribution in [-0.2, 0) is 22.5 Å². The van der Waals surface area contributed by atoms with Crippen LogP contribution in [0.2, 0.25) is 0 Å². The maximum absolute atomic E-state index is 13.3. The maximum Gasteiger partial charge on any atom is 0.349 e. The molecule has 0 radical (unpaired) electrons. The van der Waals surface area contributed by atoms with E-state index in [1.165, 1.54) is 0 Å². The van der Waals surface area contributed by atoms with Gasteiger partial charge >= 0.3 is 5.97 Å². The molecule has 8 heteroatoms. The number of hydrogen-bond donors (Lipinski definition) is 1. The molecule has 1 aliphatic heterocycles. The molecule has 1 aliphatic rings. The molecule has 0 fully saturated rings. The molecule has 172 valence electrons. The van der Waals surface area contributed by atoms with E-state index in [4.69, 9.17) is 4.74 Å². The minimum atomic E-state index is -1.15. The van der Waals surface area contributed by atoms with Crippen LogP contribution in [-0.4, -0.2) is 21.4 Å². The largest absolute Gasteiger partial charge is 0.443 e. The van der Waals surface area contributed by atoms with E-state index in [0.717, 1.165) is 35.6 Å². The number of nitrogens with zero attached hydrogens (tertiary/aromatic N) is 2. The fraction of sp³-hybridized carbons (Fsp3) is 0.231. The third kappa shape index (κ3) is 4.01.